The molecule has 0 spiro atoms. The van der Waals surface area contributed by atoms with Crippen molar-refractivity contribution in [1.82, 2.24) is 14.5 Å². The molecule has 0 aliphatic heterocycles. The zero-order valence-electron chi connectivity index (χ0n) is 14.2. The predicted octanol–water partition coefficient (Wildman–Crippen LogP) is 2.98. The number of aryl methyl sites for hydroxylation is 1. The van der Waals surface area contributed by atoms with Gasteiger partial charge in [-0.2, -0.15) is 0 Å². The molecule has 0 fully saturated rings. The van der Waals surface area contributed by atoms with Crippen molar-refractivity contribution in [2.75, 3.05) is 13.1 Å². The number of unbranched alkanes of at least 4 members (excludes halogenated alkanes) is 2. The van der Waals surface area contributed by atoms with Gasteiger partial charge < -0.3 is 4.90 Å². The second-order valence-corrected chi connectivity index (χ2v) is 5.84. The summed E-state index contributed by atoms with van der Waals surface area (Å²) >= 11 is 0. The fourth-order valence-corrected chi connectivity index (χ4v) is 2.63. The summed E-state index contributed by atoms with van der Waals surface area (Å²) in [7, 11) is 1.66. The second kappa shape index (κ2) is 7.90. The summed E-state index contributed by atoms with van der Waals surface area (Å²) in [4.78, 5) is 31.5. The van der Waals surface area contributed by atoms with E-state index >= 15 is 0 Å². The Bertz CT molecular complexity index is 729. The first-order chi connectivity index (χ1) is 11.1. The van der Waals surface area contributed by atoms with Crippen LogP contribution in [-0.4, -0.2) is 33.4 Å². The maximum absolute atomic E-state index is 12.9. The first-order valence-corrected chi connectivity index (χ1v) is 8.34. The Morgan fingerprint density at radius 2 is 1.87 bits per heavy atom. The van der Waals surface area contributed by atoms with Crippen LogP contribution in [0.2, 0.25) is 0 Å². The van der Waals surface area contributed by atoms with E-state index in [4.69, 9.17) is 0 Å². The number of pyridine rings is 2. The summed E-state index contributed by atoms with van der Waals surface area (Å²) in [6.45, 7) is 5.60. The Morgan fingerprint density at radius 1 is 1.22 bits per heavy atom. The van der Waals surface area contributed by atoms with Gasteiger partial charge in [-0.05, 0) is 31.0 Å². The van der Waals surface area contributed by atoms with E-state index in [2.05, 4.69) is 18.8 Å². The van der Waals surface area contributed by atoms with E-state index in [0.29, 0.717) is 18.7 Å². The third kappa shape index (κ3) is 3.78. The molecular weight excluding hydrogens is 290 g/mol. The Hall–Kier alpha value is -2.17. The highest BCUT2D eigenvalue weighted by molar-refractivity contribution is 5.96. The van der Waals surface area contributed by atoms with E-state index < -0.39 is 0 Å². The molecule has 0 unspecified atom stereocenters. The lowest BCUT2D eigenvalue weighted by atomic mass is 10.1. The van der Waals surface area contributed by atoms with Gasteiger partial charge in [0.15, 0.2) is 0 Å². The summed E-state index contributed by atoms with van der Waals surface area (Å²) in [5.41, 5.74) is 0.558. The fraction of sp³-hybridized carbons (Fsp3) is 0.500. The first-order valence-electron chi connectivity index (χ1n) is 8.34. The van der Waals surface area contributed by atoms with Gasteiger partial charge in [0.1, 0.15) is 11.2 Å². The molecule has 0 radical (unpaired) electrons. The maximum Gasteiger partial charge on any atom is 0.264 e. The van der Waals surface area contributed by atoms with E-state index in [0.717, 1.165) is 31.1 Å². The molecule has 2 aromatic rings. The lowest BCUT2D eigenvalue weighted by molar-refractivity contribution is 0.0749. The number of carbonyl (C=O) groups is 1. The molecule has 0 saturated heterocycles. The summed E-state index contributed by atoms with van der Waals surface area (Å²) in [5.74, 6) is -0.168. The number of aromatic nitrogens is 2. The highest BCUT2D eigenvalue weighted by Crippen LogP contribution is 2.12. The van der Waals surface area contributed by atoms with Crippen LogP contribution in [0, 0.1) is 0 Å². The molecule has 2 heterocycles. The van der Waals surface area contributed by atoms with Crippen molar-refractivity contribution in [3.8, 4) is 0 Å². The number of rotatable bonds is 7. The molecule has 124 valence electrons. The minimum Gasteiger partial charge on any atom is -0.338 e. The Kier molecular flexibility index (Phi) is 5.90. The van der Waals surface area contributed by atoms with Crippen LogP contribution < -0.4 is 5.56 Å². The van der Waals surface area contributed by atoms with Crippen LogP contribution >= 0.6 is 0 Å². The standard InChI is InChI=1S/C18H25N3O2/c1-4-6-11-21(12-7-5-2)18(23)15-13-14-9-8-10-19-16(14)20(3)17(15)22/h8-10,13H,4-7,11-12H2,1-3H3. The van der Waals surface area contributed by atoms with Crippen molar-refractivity contribution < 1.29 is 4.79 Å². The number of hydrogen-bond donors (Lipinski definition) is 0. The first kappa shape index (κ1) is 17.2. The average Bonchev–Trinajstić information content (AvgIpc) is 2.57. The van der Waals surface area contributed by atoms with Crippen molar-refractivity contribution >= 4 is 16.9 Å². The molecule has 5 heteroatoms. The molecule has 23 heavy (non-hydrogen) atoms. The van der Waals surface area contributed by atoms with Crippen LogP contribution in [0.15, 0.2) is 29.2 Å². The van der Waals surface area contributed by atoms with Gasteiger partial charge in [-0.1, -0.05) is 26.7 Å². The van der Waals surface area contributed by atoms with Crippen LogP contribution in [0.25, 0.3) is 11.0 Å². The third-order valence-electron chi connectivity index (χ3n) is 4.05. The highest BCUT2D eigenvalue weighted by Gasteiger charge is 2.20. The third-order valence-corrected chi connectivity index (χ3v) is 4.05. The largest absolute Gasteiger partial charge is 0.338 e. The van der Waals surface area contributed by atoms with Crippen LogP contribution in [0.3, 0.4) is 0 Å². The van der Waals surface area contributed by atoms with E-state index in [9.17, 15) is 9.59 Å². The molecule has 0 bridgehead atoms. The fourth-order valence-electron chi connectivity index (χ4n) is 2.63. The lowest BCUT2D eigenvalue weighted by Gasteiger charge is -2.22. The summed E-state index contributed by atoms with van der Waals surface area (Å²) in [5, 5.41) is 0.809. The molecule has 0 atom stereocenters. The molecule has 0 aliphatic rings. The Balaban J connectivity index is 2.41. The number of nitrogens with zero attached hydrogens (tertiary/aromatic N) is 3. The van der Waals surface area contributed by atoms with Gasteiger partial charge in [0.2, 0.25) is 0 Å². The summed E-state index contributed by atoms with van der Waals surface area (Å²) < 4.78 is 1.46. The molecular formula is C18H25N3O2. The number of amides is 1. The van der Waals surface area contributed by atoms with Gasteiger partial charge in [-0.15, -0.1) is 0 Å². The Morgan fingerprint density at radius 3 is 2.48 bits per heavy atom. The number of carbonyl (C=O) groups excluding carboxylic acids is 1. The minimum atomic E-state index is -0.279. The van der Waals surface area contributed by atoms with Gasteiger partial charge in [-0.3, -0.25) is 14.2 Å². The number of hydrogen-bond acceptors (Lipinski definition) is 3. The topological polar surface area (TPSA) is 55.2 Å². The molecule has 5 nitrogen and oxygen atoms in total. The van der Waals surface area contributed by atoms with Gasteiger partial charge in [0.05, 0.1) is 0 Å². The van der Waals surface area contributed by atoms with Gasteiger partial charge in [0.25, 0.3) is 11.5 Å². The molecule has 1 amide bonds. The van der Waals surface area contributed by atoms with Crippen molar-refractivity contribution in [2.45, 2.75) is 39.5 Å². The normalized spacial score (nSPS) is 10.9. The van der Waals surface area contributed by atoms with E-state index in [-0.39, 0.29) is 17.0 Å². The van der Waals surface area contributed by atoms with Crippen molar-refractivity contribution in [3.63, 3.8) is 0 Å². The minimum absolute atomic E-state index is 0.168. The molecule has 2 aromatic heterocycles. The average molecular weight is 315 g/mol. The molecule has 0 aromatic carbocycles. The van der Waals surface area contributed by atoms with Crippen molar-refractivity contribution in [2.24, 2.45) is 7.05 Å². The van der Waals surface area contributed by atoms with E-state index in [1.807, 2.05) is 17.0 Å². The van der Waals surface area contributed by atoms with Gasteiger partial charge in [0, 0.05) is 31.7 Å². The zero-order valence-corrected chi connectivity index (χ0v) is 14.2. The van der Waals surface area contributed by atoms with E-state index in [1.54, 1.807) is 19.3 Å². The van der Waals surface area contributed by atoms with Crippen LogP contribution in [-0.2, 0) is 7.05 Å². The molecule has 2 rings (SSSR count). The van der Waals surface area contributed by atoms with Crippen LogP contribution in [0.4, 0.5) is 0 Å². The molecule has 0 saturated carbocycles. The highest BCUT2D eigenvalue weighted by atomic mass is 16.2. The molecule has 0 aliphatic carbocycles. The maximum atomic E-state index is 12.9. The van der Waals surface area contributed by atoms with Crippen molar-refractivity contribution in [1.29, 1.82) is 0 Å². The van der Waals surface area contributed by atoms with E-state index in [1.165, 1.54) is 4.57 Å². The lowest BCUT2D eigenvalue weighted by Crippen LogP contribution is -2.37. The van der Waals surface area contributed by atoms with Crippen LogP contribution in [0.5, 0.6) is 0 Å². The Labute approximate surface area is 136 Å². The quantitative estimate of drug-likeness (QED) is 0.789. The smallest absolute Gasteiger partial charge is 0.264 e. The SMILES string of the molecule is CCCCN(CCCC)C(=O)c1cc2cccnc2n(C)c1=O. The second-order valence-electron chi connectivity index (χ2n) is 5.84. The summed E-state index contributed by atoms with van der Waals surface area (Å²) in [6, 6.07) is 5.37. The predicted molar refractivity (Wildman–Crippen MR) is 92.7 cm³/mol. The van der Waals surface area contributed by atoms with Crippen molar-refractivity contribution in [3.05, 3.63) is 40.3 Å². The van der Waals surface area contributed by atoms with Gasteiger partial charge >= 0.3 is 0 Å². The van der Waals surface area contributed by atoms with Crippen LogP contribution in [0.1, 0.15) is 49.9 Å². The van der Waals surface area contributed by atoms with Gasteiger partial charge in [-0.25, -0.2) is 4.98 Å². The summed E-state index contributed by atoms with van der Waals surface area (Å²) in [6.07, 6.45) is 5.60. The number of fused-ring (bicyclic) bond motifs is 1. The molecule has 0 N–H and O–H groups in total. The monoisotopic (exact) mass is 315 g/mol. The zero-order chi connectivity index (χ0) is 16.8.